The Bertz CT molecular complexity index is 849. The molecule has 2 N–H and O–H groups in total. The number of hydrogen-bond donors (Lipinski definition) is 1. The van der Waals surface area contributed by atoms with Gasteiger partial charge in [0, 0.05) is 24.2 Å². The van der Waals surface area contributed by atoms with E-state index in [0.717, 1.165) is 60.0 Å². The maximum absolute atomic E-state index is 6.37. The van der Waals surface area contributed by atoms with Gasteiger partial charge in [0.15, 0.2) is 0 Å². The molecule has 0 unspecified atom stereocenters. The Labute approximate surface area is 152 Å². The van der Waals surface area contributed by atoms with Crippen LogP contribution in [0.1, 0.15) is 42.3 Å². The highest BCUT2D eigenvalue weighted by Crippen LogP contribution is 2.28. The number of aromatic nitrogens is 2. The summed E-state index contributed by atoms with van der Waals surface area (Å²) in [6, 6.07) is 5.96. The third kappa shape index (κ3) is 3.14. The number of nitrogens with two attached hydrogens (primary N) is 1. The number of halogens is 1. The van der Waals surface area contributed by atoms with Crippen LogP contribution in [0.25, 0.3) is 0 Å². The summed E-state index contributed by atoms with van der Waals surface area (Å²) in [6.45, 7) is 6.55. The Kier molecular flexibility index (Phi) is 4.01. The van der Waals surface area contributed by atoms with Gasteiger partial charge >= 0.3 is 0 Å². The summed E-state index contributed by atoms with van der Waals surface area (Å²) in [5, 5.41) is 0.696. The van der Waals surface area contributed by atoms with E-state index in [-0.39, 0.29) is 5.54 Å². The van der Waals surface area contributed by atoms with Gasteiger partial charge in [-0.3, -0.25) is 4.99 Å². The summed E-state index contributed by atoms with van der Waals surface area (Å²) in [7, 11) is 0. The van der Waals surface area contributed by atoms with Gasteiger partial charge in [0.25, 0.3) is 0 Å². The Balaban J connectivity index is 1.61. The van der Waals surface area contributed by atoms with E-state index in [4.69, 9.17) is 22.3 Å². The summed E-state index contributed by atoms with van der Waals surface area (Å²) in [5.41, 5.74) is 10.8. The summed E-state index contributed by atoms with van der Waals surface area (Å²) in [4.78, 5) is 16.4. The molecule has 2 aromatic rings. The second-order valence-electron chi connectivity index (χ2n) is 7.31. The zero-order valence-electron chi connectivity index (χ0n) is 14.6. The molecule has 6 heteroatoms. The molecule has 0 saturated carbocycles. The normalized spacial score (nSPS) is 18.9. The van der Waals surface area contributed by atoms with E-state index in [2.05, 4.69) is 27.9 Å². The number of anilines is 1. The molecule has 4 rings (SSSR count). The molecule has 25 heavy (non-hydrogen) atoms. The Morgan fingerprint density at radius 1 is 1.24 bits per heavy atom. The predicted molar refractivity (Wildman–Crippen MR) is 102 cm³/mol. The van der Waals surface area contributed by atoms with Gasteiger partial charge in [0.05, 0.1) is 29.2 Å². The first kappa shape index (κ1) is 16.5. The highest BCUT2D eigenvalue weighted by Gasteiger charge is 2.28. The van der Waals surface area contributed by atoms with Gasteiger partial charge in [-0.2, -0.15) is 0 Å². The van der Waals surface area contributed by atoms with Crippen molar-refractivity contribution in [1.82, 2.24) is 9.97 Å². The molecule has 2 aliphatic heterocycles. The number of nitrogens with zero attached hydrogens (tertiary/aromatic N) is 4. The number of aryl methyl sites for hydroxylation is 1. The van der Waals surface area contributed by atoms with Crippen molar-refractivity contribution in [3.8, 4) is 0 Å². The van der Waals surface area contributed by atoms with E-state index < -0.39 is 0 Å². The van der Waals surface area contributed by atoms with Crippen LogP contribution in [-0.2, 0) is 6.54 Å². The van der Waals surface area contributed by atoms with Crippen molar-refractivity contribution in [1.29, 1.82) is 0 Å². The zero-order valence-corrected chi connectivity index (χ0v) is 15.3. The smallest absolute Gasteiger partial charge is 0.147 e. The third-order valence-electron chi connectivity index (χ3n) is 5.05. The fourth-order valence-corrected chi connectivity index (χ4v) is 3.59. The van der Waals surface area contributed by atoms with Crippen LogP contribution in [0.15, 0.2) is 29.4 Å². The fraction of sp³-hybridized carbons (Fsp3) is 0.421. The molecule has 1 saturated heterocycles. The molecule has 0 aliphatic carbocycles. The Hall–Kier alpha value is -1.98. The largest absolute Gasteiger partial charge is 0.355 e. The van der Waals surface area contributed by atoms with Gasteiger partial charge in [-0.05, 0) is 38.8 Å². The lowest BCUT2D eigenvalue weighted by molar-refractivity contribution is 0.363. The molecule has 1 aromatic carbocycles. The van der Waals surface area contributed by atoms with Crippen LogP contribution < -0.4 is 10.6 Å². The molecule has 3 heterocycles. The van der Waals surface area contributed by atoms with Gasteiger partial charge in [-0.25, -0.2) is 9.97 Å². The first-order chi connectivity index (χ1) is 11.9. The number of fused-ring (bicyclic) bond motifs is 1. The van der Waals surface area contributed by atoms with Gasteiger partial charge in [0.2, 0.25) is 0 Å². The Morgan fingerprint density at radius 2 is 2.00 bits per heavy atom. The maximum Gasteiger partial charge on any atom is 0.147 e. The molecular weight excluding hydrogens is 334 g/mol. The first-order valence-corrected chi connectivity index (χ1v) is 9.02. The molecule has 130 valence electrons. The van der Waals surface area contributed by atoms with Crippen molar-refractivity contribution in [2.45, 2.75) is 38.8 Å². The minimum absolute atomic E-state index is 0.0706. The number of piperidine rings is 1. The van der Waals surface area contributed by atoms with Crippen molar-refractivity contribution in [3.63, 3.8) is 0 Å². The van der Waals surface area contributed by atoms with E-state index >= 15 is 0 Å². The predicted octanol–water partition coefficient (Wildman–Crippen LogP) is 3.11. The van der Waals surface area contributed by atoms with Crippen molar-refractivity contribution in [2.24, 2.45) is 10.7 Å². The van der Waals surface area contributed by atoms with Crippen LogP contribution in [0.4, 0.5) is 5.82 Å². The molecule has 0 bridgehead atoms. The molecule has 2 aliphatic rings. The van der Waals surface area contributed by atoms with E-state index in [9.17, 15) is 0 Å². The average Bonchev–Trinajstić information content (AvgIpc) is 3.00. The van der Waals surface area contributed by atoms with Crippen LogP contribution >= 0.6 is 11.6 Å². The molecular formula is C19H22ClN5. The minimum atomic E-state index is -0.0706. The van der Waals surface area contributed by atoms with Gasteiger partial charge in [-0.1, -0.05) is 23.2 Å². The van der Waals surface area contributed by atoms with Crippen LogP contribution in [-0.4, -0.2) is 34.3 Å². The average molecular weight is 356 g/mol. The van der Waals surface area contributed by atoms with Crippen LogP contribution in [0.5, 0.6) is 0 Å². The second-order valence-corrected chi connectivity index (χ2v) is 7.72. The van der Waals surface area contributed by atoms with Crippen molar-refractivity contribution >= 4 is 23.1 Å². The molecule has 0 atom stereocenters. The molecule has 5 nitrogen and oxygen atoms in total. The molecule has 1 aromatic heterocycles. The number of benzene rings is 1. The van der Waals surface area contributed by atoms with Gasteiger partial charge in [-0.15, -0.1) is 0 Å². The van der Waals surface area contributed by atoms with Crippen molar-refractivity contribution in [3.05, 3.63) is 51.9 Å². The summed E-state index contributed by atoms with van der Waals surface area (Å²) < 4.78 is 0. The highest BCUT2D eigenvalue weighted by molar-refractivity contribution is 6.35. The summed E-state index contributed by atoms with van der Waals surface area (Å²) in [6.07, 6.45) is 3.78. The van der Waals surface area contributed by atoms with Crippen molar-refractivity contribution in [2.75, 3.05) is 18.0 Å². The van der Waals surface area contributed by atoms with Crippen LogP contribution in [0.3, 0.4) is 0 Å². The van der Waals surface area contributed by atoms with Crippen LogP contribution in [0, 0.1) is 6.92 Å². The lowest BCUT2D eigenvalue weighted by Gasteiger charge is -2.37. The molecule has 1 fully saturated rings. The SMILES string of the molecule is Cc1ccc(Cl)c(C2=NCc3nc(N4CCC(C)(N)CC4)cnc32)c1. The monoisotopic (exact) mass is 355 g/mol. The maximum atomic E-state index is 6.37. The lowest BCUT2D eigenvalue weighted by atomic mass is 9.91. The summed E-state index contributed by atoms with van der Waals surface area (Å²) in [5.74, 6) is 0.918. The third-order valence-corrected chi connectivity index (χ3v) is 5.38. The zero-order chi connectivity index (χ0) is 17.6. The minimum Gasteiger partial charge on any atom is -0.355 e. The number of rotatable bonds is 2. The topological polar surface area (TPSA) is 67.4 Å². The van der Waals surface area contributed by atoms with E-state index in [1.54, 1.807) is 0 Å². The highest BCUT2D eigenvalue weighted by atomic mass is 35.5. The van der Waals surface area contributed by atoms with Gasteiger partial charge < -0.3 is 10.6 Å². The summed E-state index contributed by atoms with van der Waals surface area (Å²) >= 11 is 6.37. The van der Waals surface area contributed by atoms with E-state index in [1.807, 2.05) is 25.3 Å². The second kappa shape index (κ2) is 6.07. The number of aliphatic imine (C=N–C) groups is 1. The van der Waals surface area contributed by atoms with Crippen molar-refractivity contribution < 1.29 is 0 Å². The first-order valence-electron chi connectivity index (χ1n) is 8.64. The quantitative estimate of drug-likeness (QED) is 0.898. The molecule has 0 radical (unpaired) electrons. The standard InChI is InChI=1S/C19H22ClN5/c1-12-3-4-14(20)13(9-12)17-18-15(10-22-17)24-16(11-23-18)25-7-5-19(2,21)6-8-25/h3-4,9,11H,5-8,10,21H2,1-2H3. The van der Waals surface area contributed by atoms with E-state index in [0.29, 0.717) is 11.6 Å². The lowest BCUT2D eigenvalue weighted by Crippen LogP contribution is -2.48. The van der Waals surface area contributed by atoms with Gasteiger partial charge in [0.1, 0.15) is 11.5 Å². The molecule has 0 spiro atoms. The van der Waals surface area contributed by atoms with E-state index in [1.165, 1.54) is 0 Å². The Morgan fingerprint density at radius 3 is 2.76 bits per heavy atom. The van der Waals surface area contributed by atoms with Crippen LogP contribution in [0.2, 0.25) is 5.02 Å². The molecule has 0 amide bonds. The fourth-order valence-electron chi connectivity index (χ4n) is 3.39. The number of hydrogen-bond acceptors (Lipinski definition) is 5.